The molecule has 0 unspecified atom stereocenters. The van der Waals surface area contributed by atoms with Gasteiger partial charge in [-0.25, -0.2) is 4.99 Å². The van der Waals surface area contributed by atoms with Gasteiger partial charge in [0.15, 0.2) is 0 Å². The van der Waals surface area contributed by atoms with Crippen LogP contribution in [0, 0.1) is 0 Å². The maximum atomic E-state index is 4.47. The van der Waals surface area contributed by atoms with Gasteiger partial charge in [-0.3, -0.25) is 0 Å². The smallest absolute Gasteiger partial charge is 0.0917 e. The van der Waals surface area contributed by atoms with Crippen molar-refractivity contribution in [1.29, 1.82) is 0 Å². The summed E-state index contributed by atoms with van der Waals surface area (Å²) >= 11 is 0. The summed E-state index contributed by atoms with van der Waals surface area (Å²) in [6.45, 7) is 7.57. The Morgan fingerprint density at radius 1 is 1.40 bits per heavy atom. The molecule has 0 spiro atoms. The number of nitrogens with zero attached hydrogens (tertiary/aromatic N) is 2. The zero-order valence-corrected chi connectivity index (χ0v) is 9.70. The highest BCUT2D eigenvalue weighted by Crippen LogP contribution is 2.26. The fourth-order valence-corrected chi connectivity index (χ4v) is 1.80. The van der Waals surface area contributed by atoms with Crippen LogP contribution in [-0.2, 0) is 13.0 Å². The molecule has 0 saturated carbocycles. The Kier molecular flexibility index (Phi) is 2.76. The summed E-state index contributed by atoms with van der Waals surface area (Å²) < 4.78 is 0. The first-order valence-corrected chi connectivity index (χ1v) is 5.62. The molecule has 2 heteroatoms. The molecule has 0 aromatic heterocycles. The number of hydrogen-bond acceptors (Lipinski definition) is 2. The second-order valence-electron chi connectivity index (χ2n) is 4.33. The second kappa shape index (κ2) is 4.05. The Balaban J connectivity index is 2.30. The van der Waals surface area contributed by atoms with Gasteiger partial charge in [0.25, 0.3) is 0 Å². The molecule has 0 fully saturated rings. The normalized spacial score (nSPS) is 14.5. The summed E-state index contributed by atoms with van der Waals surface area (Å²) in [6, 6.07) is 7.09. The highest BCUT2D eigenvalue weighted by molar-refractivity contribution is 5.67. The van der Waals surface area contributed by atoms with E-state index >= 15 is 0 Å². The van der Waals surface area contributed by atoms with Crippen LogP contribution in [0.3, 0.4) is 0 Å². The molecule has 80 valence electrons. The van der Waals surface area contributed by atoms with Crippen LogP contribution >= 0.6 is 0 Å². The fourth-order valence-electron chi connectivity index (χ4n) is 1.80. The van der Waals surface area contributed by atoms with E-state index in [0.29, 0.717) is 6.04 Å². The number of aryl methyl sites for hydroxylation is 1. The van der Waals surface area contributed by atoms with Gasteiger partial charge < -0.3 is 4.90 Å². The van der Waals surface area contributed by atoms with Gasteiger partial charge in [0, 0.05) is 12.6 Å². The molecule has 0 bridgehead atoms. The zero-order chi connectivity index (χ0) is 10.8. The van der Waals surface area contributed by atoms with Gasteiger partial charge in [0.2, 0.25) is 0 Å². The van der Waals surface area contributed by atoms with E-state index in [1.54, 1.807) is 0 Å². The van der Waals surface area contributed by atoms with Crippen molar-refractivity contribution in [3.05, 3.63) is 29.3 Å². The lowest BCUT2D eigenvalue weighted by Crippen LogP contribution is -2.30. The summed E-state index contributed by atoms with van der Waals surface area (Å²) in [5, 5.41) is 0. The standard InChI is InChI=1S/C13H18N2/c1-4-11-5-6-13-12(7-11)8-15(9-14-13)10(2)3/h5-7,9-10H,4,8H2,1-3H3. The summed E-state index contributed by atoms with van der Waals surface area (Å²) in [5.74, 6) is 0. The molecular weight excluding hydrogens is 184 g/mol. The van der Waals surface area contributed by atoms with Gasteiger partial charge in [0.1, 0.15) is 0 Å². The van der Waals surface area contributed by atoms with E-state index in [9.17, 15) is 0 Å². The highest BCUT2D eigenvalue weighted by Gasteiger charge is 2.13. The van der Waals surface area contributed by atoms with Gasteiger partial charge in [-0.2, -0.15) is 0 Å². The fraction of sp³-hybridized carbons (Fsp3) is 0.462. The Hall–Kier alpha value is -1.31. The van der Waals surface area contributed by atoms with E-state index < -0.39 is 0 Å². The Bertz CT molecular complexity index is 380. The Labute approximate surface area is 91.6 Å². The zero-order valence-electron chi connectivity index (χ0n) is 9.70. The molecule has 1 aliphatic rings. The van der Waals surface area contributed by atoms with Crippen molar-refractivity contribution >= 4 is 12.0 Å². The van der Waals surface area contributed by atoms with Crippen LogP contribution in [0.25, 0.3) is 0 Å². The van der Waals surface area contributed by atoms with Crippen LogP contribution in [0.15, 0.2) is 23.2 Å². The first-order valence-electron chi connectivity index (χ1n) is 5.62. The number of benzene rings is 1. The van der Waals surface area contributed by atoms with E-state index in [0.717, 1.165) is 18.7 Å². The van der Waals surface area contributed by atoms with Gasteiger partial charge in [-0.15, -0.1) is 0 Å². The first-order chi connectivity index (χ1) is 7.20. The molecule has 1 heterocycles. The topological polar surface area (TPSA) is 15.6 Å². The molecular formula is C13H18N2. The van der Waals surface area contributed by atoms with Crippen LogP contribution in [0.2, 0.25) is 0 Å². The average Bonchev–Trinajstić information content (AvgIpc) is 2.27. The molecule has 15 heavy (non-hydrogen) atoms. The highest BCUT2D eigenvalue weighted by atomic mass is 15.2. The van der Waals surface area contributed by atoms with Crippen LogP contribution in [0.1, 0.15) is 31.9 Å². The molecule has 0 saturated heterocycles. The molecule has 0 atom stereocenters. The molecule has 1 aromatic carbocycles. The van der Waals surface area contributed by atoms with Gasteiger partial charge in [0.05, 0.1) is 12.0 Å². The molecule has 0 amide bonds. The van der Waals surface area contributed by atoms with Gasteiger partial charge >= 0.3 is 0 Å². The predicted octanol–water partition coefficient (Wildman–Crippen LogP) is 3.13. The van der Waals surface area contributed by atoms with Crippen LogP contribution in [0.5, 0.6) is 0 Å². The number of fused-ring (bicyclic) bond motifs is 1. The number of aliphatic imine (C=N–C) groups is 1. The summed E-state index contributed by atoms with van der Waals surface area (Å²) in [7, 11) is 0. The quantitative estimate of drug-likeness (QED) is 0.719. The number of hydrogen-bond donors (Lipinski definition) is 0. The van der Waals surface area contributed by atoms with Crippen molar-refractivity contribution in [2.45, 2.75) is 39.8 Å². The molecule has 0 N–H and O–H groups in total. The molecule has 2 rings (SSSR count). The lowest BCUT2D eigenvalue weighted by atomic mass is 10.1. The van der Waals surface area contributed by atoms with Gasteiger partial charge in [-0.1, -0.05) is 19.1 Å². The minimum absolute atomic E-state index is 0.521. The minimum atomic E-state index is 0.521. The average molecular weight is 202 g/mol. The third-order valence-electron chi connectivity index (χ3n) is 2.91. The molecule has 1 aromatic rings. The predicted molar refractivity (Wildman–Crippen MR) is 64.7 cm³/mol. The SMILES string of the molecule is CCc1ccc2c(c1)CN(C(C)C)C=N2. The Morgan fingerprint density at radius 3 is 2.87 bits per heavy atom. The summed E-state index contributed by atoms with van der Waals surface area (Å²) in [6.07, 6.45) is 3.05. The van der Waals surface area contributed by atoms with Crippen molar-refractivity contribution in [3.8, 4) is 0 Å². The summed E-state index contributed by atoms with van der Waals surface area (Å²) in [4.78, 5) is 6.74. The van der Waals surface area contributed by atoms with E-state index in [2.05, 4.69) is 48.9 Å². The van der Waals surface area contributed by atoms with E-state index in [1.165, 1.54) is 11.1 Å². The third kappa shape index (κ3) is 2.04. The van der Waals surface area contributed by atoms with Crippen molar-refractivity contribution in [2.75, 3.05) is 0 Å². The monoisotopic (exact) mass is 202 g/mol. The van der Waals surface area contributed by atoms with Crippen molar-refractivity contribution in [1.82, 2.24) is 4.90 Å². The summed E-state index contributed by atoms with van der Waals surface area (Å²) in [5.41, 5.74) is 3.88. The van der Waals surface area contributed by atoms with Crippen molar-refractivity contribution < 1.29 is 0 Å². The van der Waals surface area contributed by atoms with Crippen molar-refractivity contribution in [3.63, 3.8) is 0 Å². The molecule has 1 aliphatic heterocycles. The van der Waals surface area contributed by atoms with E-state index in [4.69, 9.17) is 0 Å². The molecule has 0 aliphatic carbocycles. The first kappa shape index (κ1) is 10.2. The van der Waals surface area contributed by atoms with Gasteiger partial charge in [-0.05, 0) is 37.5 Å². The van der Waals surface area contributed by atoms with Crippen LogP contribution < -0.4 is 0 Å². The minimum Gasteiger partial charge on any atom is -0.356 e. The van der Waals surface area contributed by atoms with Crippen molar-refractivity contribution in [2.24, 2.45) is 4.99 Å². The maximum absolute atomic E-state index is 4.47. The lowest BCUT2D eigenvalue weighted by molar-refractivity contribution is 0.349. The van der Waals surface area contributed by atoms with Crippen LogP contribution in [-0.4, -0.2) is 17.3 Å². The van der Waals surface area contributed by atoms with Crippen LogP contribution in [0.4, 0.5) is 5.69 Å². The van der Waals surface area contributed by atoms with E-state index in [-0.39, 0.29) is 0 Å². The molecule has 2 nitrogen and oxygen atoms in total. The Morgan fingerprint density at radius 2 is 2.20 bits per heavy atom. The largest absolute Gasteiger partial charge is 0.356 e. The maximum Gasteiger partial charge on any atom is 0.0917 e. The van der Waals surface area contributed by atoms with E-state index in [1.807, 2.05) is 6.34 Å². The number of rotatable bonds is 2. The lowest BCUT2D eigenvalue weighted by Gasteiger charge is -2.28. The second-order valence-corrected chi connectivity index (χ2v) is 4.33. The molecule has 0 radical (unpaired) electrons. The third-order valence-corrected chi connectivity index (χ3v) is 2.91.